The van der Waals surface area contributed by atoms with Gasteiger partial charge >= 0.3 is 6.03 Å². The Bertz CT molecular complexity index is 627. The van der Waals surface area contributed by atoms with Gasteiger partial charge in [0.2, 0.25) is 0 Å². The van der Waals surface area contributed by atoms with E-state index in [1.807, 2.05) is 0 Å². The minimum absolute atomic E-state index is 0.147. The normalized spacial score (nSPS) is 9.85. The number of carbonyl (C=O) groups is 2. The van der Waals surface area contributed by atoms with Crippen molar-refractivity contribution < 1.29 is 9.59 Å². The van der Waals surface area contributed by atoms with E-state index >= 15 is 0 Å². The SMILES string of the molecule is NC(=O)Nc1ccc(NC(=O)c2cnc(Cl)cn2)cc1. The Morgan fingerprint density at radius 1 is 1.00 bits per heavy atom. The Morgan fingerprint density at radius 2 is 1.60 bits per heavy atom. The fourth-order valence-electron chi connectivity index (χ4n) is 1.40. The van der Waals surface area contributed by atoms with Crippen molar-refractivity contribution in [1.29, 1.82) is 0 Å². The van der Waals surface area contributed by atoms with Crippen LogP contribution in [0.25, 0.3) is 0 Å². The molecule has 102 valence electrons. The minimum Gasteiger partial charge on any atom is -0.351 e. The topological polar surface area (TPSA) is 110 Å². The summed E-state index contributed by atoms with van der Waals surface area (Å²) in [6.45, 7) is 0. The predicted octanol–water partition coefficient (Wildman–Crippen LogP) is 1.87. The standard InChI is InChI=1S/C12H10ClN5O2/c13-10-6-15-9(5-16-10)11(19)17-7-1-3-8(4-2-7)18-12(14)20/h1-6H,(H,17,19)(H3,14,18,20). The minimum atomic E-state index is -0.654. The Hall–Kier alpha value is -2.67. The van der Waals surface area contributed by atoms with Gasteiger partial charge in [-0.3, -0.25) is 4.79 Å². The summed E-state index contributed by atoms with van der Waals surface area (Å²) in [5, 5.41) is 5.25. The van der Waals surface area contributed by atoms with Crippen LogP contribution in [0.15, 0.2) is 36.7 Å². The first-order valence-electron chi connectivity index (χ1n) is 5.50. The van der Waals surface area contributed by atoms with Gasteiger partial charge in [0.25, 0.3) is 5.91 Å². The molecule has 0 saturated carbocycles. The molecule has 20 heavy (non-hydrogen) atoms. The second-order valence-electron chi connectivity index (χ2n) is 3.75. The molecule has 0 spiro atoms. The molecule has 1 heterocycles. The van der Waals surface area contributed by atoms with Gasteiger partial charge in [-0.2, -0.15) is 0 Å². The molecule has 0 aliphatic rings. The summed E-state index contributed by atoms with van der Waals surface area (Å²) >= 11 is 5.59. The van der Waals surface area contributed by atoms with Gasteiger partial charge in [-0.15, -0.1) is 0 Å². The van der Waals surface area contributed by atoms with Gasteiger partial charge < -0.3 is 16.4 Å². The number of hydrogen-bond donors (Lipinski definition) is 3. The zero-order valence-electron chi connectivity index (χ0n) is 10.1. The number of aromatic nitrogens is 2. The van der Waals surface area contributed by atoms with Gasteiger partial charge in [-0.25, -0.2) is 14.8 Å². The van der Waals surface area contributed by atoms with Crippen molar-refractivity contribution in [2.45, 2.75) is 0 Å². The third-order valence-corrected chi connectivity index (χ3v) is 2.46. The molecule has 7 nitrogen and oxygen atoms in total. The van der Waals surface area contributed by atoms with Crippen LogP contribution in [0.5, 0.6) is 0 Å². The maximum Gasteiger partial charge on any atom is 0.316 e. The third kappa shape index (κ3) is 3.66. The molecule has 8 heteroatoms. The summed E-state index contributed by atoms with van der Waals surface area (Å²) in [5.74, 6) is -0.412. The lowest BCUT2D eigenvalue weighted by Gasteiger charge is -2.06. The summed E-state index contributed by atoms with van der Waals surface area (Å²) < 4.78 is 0. The van der Waals surface area contributed by atoms with Crippen LogP contribution >= 0.6 is 11.6 Å². The summed E-state index contributed by atoms with van der Waals surface area (Å²) in [7, 11) is 0. The number of halogens is 1. The van der Waals surface area contributed by atoms with Crippen LogP contribution in [0.3, 0.4) is 0 Å². The van der Waals surface area contributed by atoms with E-state index in [2.05, 4.69) is 20.6 Å². The van der Waals surface area contributed by atoms with Crippen molar-refractivity contribution in [3.63, 3.8) is 0 Å². The monoisotopic (exact) mass is 291 g/mol. The molecule has 0 aliphatic carbocycles. The molecule has 1 aromatic carbocycles. The fraction of sp³-hybridized carbons (Fsp3) is 0. The van der Waals surface area contributed by atoms with Crippen LogP contribution < -0.4 is 16.4 Å². The highest BCUT2D eigenvalue weighted by Gasteiger charge is 2.08. The summed E-state index contributed by atoms with van der Waals surface area (Å²) in [6, 6.07) is 5.79. The van der Waals surface area contributed by atoms with Crippen molar-refractivity contribution >= 4 is 34.9 Å². The largest absolute Gasteiger partial charge is 0.351 e. The summed E-state index contributed by atoms with van der Waals surface area (Å²) in [6.07, 6.45) is 2.57. The Labute approximate surface area is 119 Å². The van der Waals surface area contributed by atoms with Crippen LogP contribution in [-0.4, -0.2) is 21.9 Å². The quantitative estimate of drug-likeness (QED) is 0.801. The van der Waals surface area contributed by atoms with Gasteiger partial charge in [-0.05, 0) is 24.3 Å². The molecule has 0 unspecified atom stereocenters. The number of hydrogen-bond acceptors (Lipinski definition) is 4. The van der Waals surface area contributed by atoms with E-state index in [1.54, 1.807) is 24.3 Å². The maximum atomic E-state index is 11.8. The van der Waals surface area contributed by atoms with Gasteiger partial charge in [0.15, 0.2) is 0 Å². The number of carbonyl (C=O) groups excluding carboxylic acids is 2. The molecule has 4 N–H and O–H groups in total. The maximum absolute atomic E-state index is 11.8. The van der Waals surface area contributed by atoms with E-state index in [4.69, 9.17) is 17.3 Å². The average Bonchev–Trinajstić information content (AvgIpc) is 2.41. The number of nitrogens with two attached hydrogens (primary N) is 1. The molecular formula is C12H10ClN5O2. The number of benzene rings is 1. The first-order chi connectivity index (χ1) is 9.54. The molecule has 0 aliphatic heterocycles. The lowest BCUT2D eigenvalue weighted by atomic mass is 10.2. The molecule has 0 saturated heterocycles. The average molecular weight is 292 g/mol. The van der Waals surface area contributed by atoms with E-state index in [0.29, 0.717) is 11.4 Å². The van der Waals surface area contributed by atoms with E-state index in [9.17, 15) is 9.59 Å². The number of primary amides is 1. The Morgan fingerprint density at radius 3 is 2.10 bits per heavy atom. The van der Waals surface area contributed by atoms with Gasteiger partial charge in [0, 0.05) is 11.4 Å². The number of anilines is 2. The van der Waals surface area contributed by atoms with E-state index in [0.717, 1.165) is 0 Å². The van der Waals surface area contributed by atoms with Crippen molar-refractivity contribution in [3.05, 3.63) is 47.5 Å². The van der Waals surface area contributed by atoms with E-state index < -0.39 is 11.9 Å². The van der Waals surface area contributed by atoms with Gasteiger partial charge in [-0.1, -0.05) is 11.6 Å². The number of nitrogens with one attached hydrogen (secondary N) is 2. The first-order valence-corrected chi connectivity index (χ1v) is 5.88. The van der Waals surface area contributed by atoms with Crippen LogP contribution in [0, 0.1) is 0 Å². The fourth-order valence-corrected chi connectivity index (χ4v) is 1.50. The second-order valence-corrected chi connectivity index (χ2v) is 4.13. The number of rotatable bonds is 3. The predicted molar refractivity (Wildman–Crippen MR) is 74.6 cm³/mol. The van der Waals surface area contributed by atoms with Crippen molar-refractivity contribution in [2.75, 3.05) is 10.6 Å². The zero-order valence-corrected chi connectivity index (χ0v) is 10.9. The molecule has 3 amide bonds. The highest BCUT2D eigenvalue weighted by molar-refractivity contribution is 6.29. The van der Waals surface area contributed by atoms with Gasteiger partial charge in [0.05, 0.1) is 12.4 Å². The summed E-state index contributed by atoms with van der Waals surface area (Å²) in [4.78, 5) is 30.1. The first kappa shape index (κ1) is 13.8. The number of urea groups is 1. The van der Waals surface area contributed by atoms with E-state index in [1.165, 1.54) is 12.4 Å². The van der Waals surface area contributed by atoms with Crippen LogP contribution in [0.1, 0.15) is 10.5 Å². The van der Waals surface area contributed by atoms with Gasteiger partial charge in [0.1, 0.15) is 10.8 Å². The number of amides is 3. The molecule has 0 atom stereocenters. The van der Waals surface area contributed by atoms with E-state index in [-0.39, 0.29) is 10.8 Å². The van der Waals surface area contributed by atoms with Crippen molar-refractivity contribution in [2.24, 2.45) is 5.73 Å². The smallest absolute Gasteiger partial charge is 0.316 e. The second kappa shape index (κ2) is 5.98. The molecule has 0 bridgehead atoms. The van der Waals surface area contributed by atoms with Crippen LogP contribution in [0.4, 0.5) is 16.2 Å². The molecule has 0 radical (unpaired) electrons. The lowest BCUT2D eigenvalue weighted by Crippen LogP contribution is -2.19. The third-order valence-electron chi connectivity index (χ3n) is 2.26. The highest BCUT2D eigenvalue weighted by Crippen LogP contribution is 2.14. The summed E-state index contributed by atoms with van der Waals surface area (Å²) in [5.41, 5.74) is 6.21. The molecule has 0 fully saturated rings. The molecule has 2 rings (SSSR count). The highest BCUT2D eigenvalue weighted by atomic mass is 35.5. The van der Waals surface area contributed by atoms with Crippen LogP contribution in [-0.2, 0) is 0 Å². The molecule has 1 aromatic heterocycles. The molecule has 2 aromatic rings. The Balaban J connectivity index is 2.04. The van der Waals surface area contributed by atoms with Crippen LogP contribution in [0.2, 0.25) is 5.15 Å². The Kier molecular flexibility index (Phi) is 4.11. The van der Waals surface area contributed by atoms with Crippen molar-refractivity contribution in [3.8, 4) is 0 Å². The molecular weight excluding hydrogens is 282 g/mol. The zero-order chi connectivity index (χ0) is 14.5. The number of nitrogens with zero attached hydrogens (tertiary/aromatic N) is 2. The van der Waals surface area contributed by atoms with Crippen molar-refractivity contribution in [1.82, 2.24) is 9.97 Å². The lowest BCUT2D eigenvalue weighted by molar-refractivity contribution is 0.102.